The van der Waals surface area contributed by atoms with Gasteiger partial charge < -0.3 is 4.84 Å². The van der Waals surface area contributed by atoms with Crippen molar-refractivity contribution in [1.29, 1.82) is 0 Å². The smallest absolute Gasteiger partial charge is 0.392 e. The lowest BCUT2D eigenvalue weighted by Crippen LogP contribution is -2.18. The first-order valence-electron chi connectivity index (χ1n) is 6.66. The van der Waals surface area contributed by atoms with Crippen molar-refractivity contribution in [3.8, 4) is 0 Å². The van der Waals surface area contributed by atoms with E-state index < -0.39 is 11.7 Å². The van der Waals surface area contributed by atoms with Crippen LogP contribution in [0.2, 0.25) is 5.02 Å². The number of alkyl halides is 3. The van der Waals surface area contributed by atoms with Crippen molar-refractivity contribution < 1.29 is 18.0 Å². The Hall–Kier alpha value is -1.23. The summed E-state index contributed by atoms with van der Waals surface area (Å²) in [5.41, 5.74) is 0.0971. The lowest BCUT2D eigenvalue weighted by atomic mass is 9.87. The minimum Gasteiger partial charge on any atom is -0.392 e. The van der Waals surface area contributed by atoms with Crippen LogP contribution in [0.15, 0.2) is 23.4 Å². The van der Waals surface area contributed by atoms with Crippen molar-refractivity contribution in [1.82, 2.24) is 0 Å². The number of oxime groups is 1. The predicted octanol–water partition coefficient (Wildman–Crippen LogP) is 5.29. The van der Waals surface area contributed by atoms with Crippen LogP contribution in [0.1, 0.15) is 44.7 Å². The molecule has 0 saturated heterocycles. The molecule has 1 unspecified atom stereocenters. The second-order valence-corrected chi connectivity index (χ2v) is 6.83. The number of hydrogen-bond donors (Lipinski definition) is 0. The van der Waals surface area contributed by atoms with Gasteiger partial charge in [-0.3, -0.25) is 0 Å². The van der Waals surface area contributed by atoms with Gasteiger partial charge in [0.1, 0.15) is 6.10 Å². The van der Waals surface area contributed by atoms with Gasteiger partial charge in [0.25, 0.3) is 0 Å². The summed E-state index contributed by atoms with van der Waals surface area (Å²) in [7, 11) is 0. The van der Waals surface area contributed by atoms with Crippen LogP contribution in [0, 0.1) is 5.41 Å². The molecule has 1 atom stereocenters. The SMILES string of the molecule is CC(C)(C)CC1CC(c2cc(C(F)(F)F)ccc2Cl)=NO1. The number of benzene rings is 1. The summed E-state index contributed by atoms with van der Waals surface area (Å²) in [5, 5.41) is 4.17. The van der Waals surface area contributed by atoms with Crippen LogP contribution >= 0.6 is 11.6 Å². The molecule has 0 radical (unpaired) electrons. The summed E-state index contributed by atoms with van der Waals surface area (Å²) in [5.74, 6) is 0. The van der Waals surface area contributed by atoms with Gasteiger partial charge in [-0.05, 0) is 30.0 Å². The van der Waals surface area contributed by atoms with Crippen LogP contribution in [0.3, 0.4) is 0 Å². The summed E-state index contributed by atoms with van der Waals surface area (Å²) in [6.07, 6.45) is -3.27. The summed E-state index contributed by atoms with van der Waals surface area (Å²) in [6, 6.07) is 3.25. The molecular formula is C15H17ClF3NO. The Kier molecular flexibility index (Phi) is 4.24. The highest BCUT2D eigenvalue weighted by molar-refractivity contribution is 6.34. The Bertz CT molecular complexity index is 561. The molecular weight excluding hydrogens is 303 g/mol. The van der Waals surface area contributed by atoms with Gasteiger partial charge in [0.15, 0.2) is 0 Å². The maximum Gasteiger partial charge on any atom is 0.416 e. The maximum atomic E-state index is 12.8. The summed E-state index contributed by atoms with van der Waals surface area (Å²) in [4.78, 5) is 5.32. The Morgan fingerprint density at radius 1 is 1.29 bits per heavy atom. The highest BCUT2D eigenvalue weighted by atomic mass is 35.5. The van der Waals surface area contributed by atoms with Crippen molar-refractivity contribution in [3.63, 3.8) is 0 Å². The zero-order valence-electron chi connectivity index (χ0n) is 12.1. The Morgan fingerprint density at radius 2 is 1.95 bits per heavy atom. The van der Waals surface area contributed by atoms with Crippen LogP contribution in [-0.2, 0) is 11.0 Å². The number of rotatable bonds is 2. The first kappa shape index (κ1) is 16.1. The van der Waals surface area contributed by atoms with Crippen molar-refractivity contribution in [2.75, 3.05) is 0 Å². The molecule has 0 fully saturated rings. The van der Waals surface area contributed by atoms with E-state index in [1.54, 1.807) is 0 Å². The van der Waals surface area contributed by atoms with E-state index >= 15 is 0 Å². The van der Waals surface area contributed by atoms with Gasteiger partial charge in [-0.15, -0.1) is 0 Å². The first-order chi connectivity index (χ1) is 9.56. The minimum absolute atomic E-state index is 0.0627. The van der Waals surface area contributed by atoms with Crippen LogP contribution in [0.4, 0.5) is 13.2 Å². The fourth-order valence-electron chi connectivity index (χ4n) is 2.30. The molecule has 116 valence electrons. The Balaban J connectivity index is 2.20. The molecule has 0 amide bonds. The summed E-state index contributed by atoms with van der Waals surface area (Å²) in [6.45, 7) is 6.23. The topological polar surface area (TPSA) is 21.6 Å². The Labute approximate surface area is 126 Å². The number of halogens is 4. The molecule has 0 aromatic heterocycles. The average molecular weight is 320 g/mol. The molecule has 6 heteroatoms. The molecule has 1 aromatic carbocycles. The van der Waals surface area contributed by atoms with Crippen molar-refractivity contribution in [2.45, 2.75) is 45.9 Å². The monoisotopic (exact) mass is 319 g/mol. The van der Waals surface area contributed by atoms with Gasteiger partial charge in [-0.25, -0.2) is 0 Å². The number of nitrogens with zero attached hydrogens (tertiary/aromatic N) is 1. The average Bonchev–Trinajstić information content (AvgIpc) is 2.73. The molecule has 0 bridgehead atoms. The minimum atomic E-state index is -4.40. The van der Waals surface area contributed by atoms with Gasteiger partial charge in [0, 0.05) is 17.0 Å². The van der Waals surface area contributed by atoms with E-state index in [4.69, 9.17) is 16.4 Å². The first-order valence-corrected chi connectivity index (χ1v) is 7.04. The second kappa shape index (κ2) is 5.52. The molecule has 2 rings (SSSR count). The highest BCUT2D eigenvalue weighted by Gasteiger charge is 2.33. The van der Waals surface area contributed by atoms with E-state index in [0.29, 0.717) is 17.7 Å². The molecule has 0 saturated carbocycles. The molecule has 1 aliphatic rings. The second-order valence-electron chi connectivity index (χ2n) is 6.43. The van der Waals surface area contributed by atoms with Crippen molar-refractivity contribution in [2.24, 2.45) is 10.6 Å². The highest BCUT2D eigenvalue weighted by Crippen LogP contribution is 2.34. The molecule has 21 heavy (non-hydrogen) atoms. The van der Waals surface area contributed by atoms with Crippen LogP contribution < -0.4 is 0 Å². The third-order valence-electron chi connectivity index (χ3n) is 3.18. The third-order valence-corrected chi connectivity index (χ3v) is 3.51. The van der Waals surface area contributed by atoms with Gasteiger partial charge >= 0.3 is 6.18 Å². The number of hydrogen-bond acceptors (Lipinski definition) is 2. The Morgan fingerprint density at radius 3 is 2.52 bits per heavy atom. The summed E-state index contributed by atoms with van der Waals surface area (Å²) >= 11 is 6.00. The largest absolute Gasteiger partial charge is 0.416 e. The molecule has 1 heterocycles. The van der Waals surface area contributed by atoms with Crippen molar-refractivity contribution in [3.05, 3.63) is 34.3 Å². The molecule has 0 N–H and O–H groups in total. The van der Waals surface area contributed by atoms with Crippen molar-refractivity contribution >= 4 is 17.3 Å². The third kappa shape index (κ3) is 4.13. The van der Waals surface area contributed by atoms with Gasteiger partial charge in [-0.1, -0.05) is 37.5 Å². The zero-order chi connectivity index (χ0) is 15.8. The molecule has 1 aromatic rings. The van der Waals surface area contributed by atoms with Gasteiger partial charge in [0.05, 0.1) is 11.3 Å². The lowest BCUT2D eigenvalue weighted by Gasteiger charge is -2.21. The van der Waals surface area contributed by atoms with Crippen LogP contribution in [0.25, 0.3) is 0 Å². The van der Waals surface area contributed by atoms with E-state index in [1.165, 1.54) is 6.07 Å². The van der Waals surface area contributed by atoms with E-state index in [-0.39, 0.29) is 16.5 Å². The van der Waals surface area contributed by atoms with Crippen LogP contribution in [0.5, 0.6) is 0 Å². The molecule has 2 nitrogen and oxygen atoms in total. The standard InChI is InChI=1S/C15H17ClF3NO/c1-14(2,3)8-10-7-13(20-21-10)11-6-9(15(17,18)19)4-5-12(11)16/h4-6,10H,7-8H2,1-3H3. The lowest BCUT2D eigenvalue weighted by molar-refractivity contribution is -0.137. The summed E-state index contributed by atoms with van der Waals surface area (Å²) < 4.78 is 38.3. The predicted molar refractivity (Wildman–Crippen MR) is 76.6 cm³/mol. The molecule has 1 aliphatic heterocycles. The van der Waals surface area contributed by atoms with E-state index in [2.05, 4.69) is 25.9 Å². The van der Waals surface area contributed by atoms with E-state index in [1.807, 2.05) is 0 Å². The fourth-order valence-corrected chi connectivity index (χ4v) is 2.53. The van der Waals surface area contributed by atoms with Crippen LogP contribution in [-0.4, -0.2) is 11.8 Å². The van der Waals surface area contributed by atoms with E-state index in [9.17, 15) is 13.2 Å². The quantitative estimate of drug-likeness (QED) is 0.726. The zero-order valence-corrected chi connectivity index (χ0v) is 12.8. The molecule has 0 aliphatic carbocycles. The normalized spacial score (nSPS) is 19.4. The fraction of sp³-hybridized carbons (Fsp3) is 0.533. The van der Waals surface area contributed by atoms with E-state index in [0.717, 1.165) is 18.6 Å². The maximum absolute atomic E-state index is 12.8. The van der Waals surface area contributed by atoms with Gasteiger partial charge in [0.2, 0.25) is 0 Å². The van der Waals surface area contributed by atoms with Gasteiger partial charge in [-0.2, -0.15) is 13.2 Å². The molecule has 0 spiro atoms.